The number of hydrogen-bond donors (Lipinski definition) is 1. The minimum Gasteiger partial charge on any atom is -0.315 e. The van der Waals surface area contributed by atoms with E-state index in [1.165, 1.54) is 6.07 Å². The topological polar surface area (TPSA) is 15.3 Å². The monoisotopic (exact) mass is 272 g/mol. The fourth-order valence-corrected chi connectivity index (χ4v) is 2.14. The fourth-order valence-electron chi connectivity index (χ4n) is 1.89. The first-order valence-electron chi connectivity index (χ1n) is 6.55. The standard InChI is InChI=1S/C14H22ClFN2/c1-3-18(4-2)11-10-17-9-8-12-13(15)6-5-7-14(12)16/h5-7,17H,3-4,8-11H2,1-2H3. The normalized spacial score (nSPS) is 11.2. The maximum absolute atomic E-state index is 13.5. The van der Waals surface area contributed by atoms with Gasteiger partial charge in [-0.15, -0.1) is 0 Å². The third-order valence-corrected chi connectivity index (χ3v) is 3.47. The van der Waals surface area contributed by atoms with E-state index in [9.17, 15) is 4.39 Å². The average molecular weight is 273 g/mol. The van der Waals surface area contributed by atoms with E-state index in [2.05, 4.69) is 24.1 Å². The molecule has 0 unspecified atom stereocenters. The molecule has 1 aromatic rings. The van der Waals surface area contributed by atoms with Crippen molar-refractivity contribution in [2.75, 3.05) is 32.7 Å². The summed E-state index contributed by atoms with van der Waals surface area (Å²) < 4.78 is 13.5. The van der Waals surface area contributed by atoms with Crippen LogP contribution in [0.4, 0.5) is 4.39 Å². The molecule has 1 aromatic carbocycles. The van der Waals surface area contributed by atoms with Crippen LogP contribution in [0.3, 0.4) is 0 Å². The zero-order chi connectivity index (χ0) is 13.4. The molecule has 2 nitrogen and oxygen atoms in total. The van der Waals surface area contributed by atoms with Crippen LogP contribution in [0, 0.1) is 5.82 Å². The Hall–Kier alpha value is -0.640. The van der Waals surface area contributed by atoms with Crippen molar-refractivity contribution in [2.45, 2.75) is 20.3 Å². The largest absolute Gasteiger partial charge is 0.315 e. The summed E-state index contributed by atoms with van der Waals surface area (Å²) in [6, 6.07) is 4.82. The average Bonchev–Trinajstić information content (AvgIpc) is 2.37. The lowest BCUT2D eigenvalue weighted by Gasteiger charge is -2.18. The highest BCUT2D eigenvalue weighted by Crippen LogP contribution is 2.18. The second-order valence-electron chi connectivity index (χ2n) is 4.23. The second kappa shape index (κ2) is 8.46. The van der Waals surface area contributed by atoms with Crippen LogP contribution in [0.5, 0.6) is 0 Å². The van der Waals surface area contributed by atoms with Gasteiger partial charge in [0, 0.05) is 23.7 Å². The van der Waals surface area contributed by atoms with E-state index in [-0.39, 0.29) is 5.82 Å². The van der Waals surface area contributed by atoms with Crippen molar-refractivity contribution in [1.82, 2.24) is 10.2 Å². The Labute approximate surface area is 114 Å². The van der Waals surface area contributed by atoms with E-state index in [1.807, 2.05) is 0 Å². The van der Waals surface area contributed by atoms with Crippen LogP contribution < -0.4 is 5.32 Å². The Morgan fingerprint density at radius 2 is 1.94 bits per heavy atom. The summed E-state index contributed by atoms with van der Waals surface area (Å²) in [6.45, 7) is 9.15. The van der Waals surface area contributed by atoms with Gasteiger partial charge in [-0.2, -0.15) is 0 Å². The summed E-state index contributed by atoms with van der Waals surface area (Å²) in [5.41, 5.74) is 0.606. The van der Waals surface area contributed by atoms with E-state index in [0.717, 1.165) is 32.7 Å². The van der Waals surface area contributed by atoms with Crippen LogP contribution in [0.25, 0.3) is 0 Å². The van der Waals surface area contributed by atoms with Gasteiger partial charge in [0.05, 0.1) is 0 Å². The molecule has 0 heterocycles. The molecule has 0 aliphatic heterocycles. The third-order valence-electron chi connectivity index (χ3n) is 3.11. The number of rotatable bonds is 8. The molecule has 0 spiro atoms. The van der Waals surface area contributed by atoms with Crippen LogP contribution in [0.2, 0.25) is 5.02 Å². The van der Waals surface area contributed by atoms with Gasteiger partial charge in [-0.05, 0) is 38.2 Å². The zero-order valence-corrected chi connectivity index (χ0v) is 11.9. The molecule has 0 aromatic heterocycles. The van der Waals surface area contributed by atoms with Crippen molar-refractivity contribution in [3.8, 4) is 0 Å². The van der Waals surface area contributed by atoms with Gasteiger partial charge in [0.2, 0.25) is 0 Å². The van der Waals surface area contributed by atoms with Gasteiger partial charge in [-0.3, -0.25) is 0 Å². The summed E-state index contributed by atoms with van der Waals surface area (Å²) in [4.78, 5) is 2.35. The molecule has 1 N–H and O–H groups in total. The van der Waals surface area contributed by atoms with Gasteiger partial charge in [0.15, 0.2) is 0 Å². The van der Waals surface area contributed by atoms with E-state index in [4.69, 9.17) is 11.6 Å². The highest BCUT2D eigenvalue weighted by Gasteiger charge is 2.06. The van der Waals surface area contributed by atoms with E-state index in [1.54, 1.807) is 12.1 Å². The predicted octanol–water partition coefficient (Wildman–Crippen LogP) is 2.95. The molecular weight excluding hydrogens is 251 g/mol. The minimum absolute atomic E-state index is 0.215. The molecule has 18 heavy (non-hydrogen) atoms. The lowest BCUT2D eigenvalue weighted by atomic mass is 10.1. The molecule has 102 valence electrons. The highest BCUT2D eigenvalue weighted by molar-refractivity contribution is 6.31. The van der Waals surface area contributed by atoms with Gasteiger partial charge < -0.3 is 10.2 Å². The Morgan fingerprint density at radius 1 is 1.22 bits per heavy atom. The van der Waals surface area contributed by atoms with Crippen LogP contribution in [0.1, 0.15) is 19.4 Å². The maximum atomic E-state index is 13.5. The molecule has 0 aliphatic carbocycles. The van der Waals surface area contributed by atoms with Crippen LogP contribution >= 0.6 is 11.6 Å². The van der Waals surface area contributed by atoms with Gasteiger partial charge in [0.25, 0.3) is 0 Å². The van der Waals surface area contributed by atoms with Gasteiger partial charge in [0.1, 0.15) is 5.82 Å². The summed E-state index contributed by atoms with van der Waals surface area (Å²) in [5, 5.41) is 3.83. The minimum atomic E-state index is -0.215. The van der Waals surface area contributed by atoms with Crippen LogP contribution in [-0.2, 0) is 6.42 Å². The SMILES string of the molecule is CCN(CC)CCNCCc1c(F)cccc1Cl. The zero-order valence-electron chi connectivity index (χ0n) is 11.2. The third kappa shape index (κ3) is 4.92. The molecule has 4 heteroatoms. The first-order chi connectivity index (χ1) is 8.69. The molecule has 0 fully saturated rings. The molecule has 0 bridgehead atoms. The fraction of sp³-hybridized carbons (Fsp3) is 0.571. The lowest BCUT2D eigenvalue weighted by Crippen LogP contribution is -2.32. The van der Waals surface area contributed by atoms with Crippen molar-refractivity contribution in [2.24, 2.45) is 0 Å². The number of halogens is 2. The van der Waals surface area contributed by atoms with Crippen molar-refractivity contribution in [1.29, 1.82) is 0 Å². The molecule has 0 atom stereocenters. The number of likely N-dealkylation sites (N-methyl/N-ethyl adjacent to an activating group) is 1. The predicted molar refractivity (Wildman–Crippen MR) is 75.8 cm³/mol. The molecule has 0 amide bonds. The smallest absolute Gasteiger partial charge is 0.127 e. The lowest BCUT2D eigenvalue weighted by molar-refractivity contribution is 0.303. The van der Waals surface area contributed by atoms with Crippen molar-refractivity contribution >= 4 is 11.6 Å². The number of hydrogen-bond acceptors (Lipinski definition) is 2. The van der Waals surface area contributed by atoms with Crippen molar-refractivity contribution in [3.63, 3.8) is 0 Å². The van der Waals surface area contributed by atoms with Crippen molar-refractivity contribution in [3.05, 3.63) is 34.6 Å². The Balaban J connectivity index is 2.26. The van der Waals surface area contributed by atoms with E-state index < -0.39 is 0 Å². The van der Waals surface area contributed by atoms with Gasteiger partial charge in [-0.25, -0.2) is 4.39 Å². The number of nitrogens with one attached hydrogen (secondary N) is 1. The quantitative estimate of drug-likeness (QED) is 0.732. The summed E-state index contributed by atoms with van der Waals surface area (Å²) in [6.07, 6.45) is 0.629. The summed E-state index contributed by atoms with van der Waals surface area (Å²) in [7, 11) is 0. The first-order valence-corrected chi connectivity index (χ1v) is 6.92. The second-order valence-corrected chi connectivity index (χ2v) is 4.63. The Morgan fingerprint density at radius 3 is 2.56 bits per heavy atom. The first kappa shape index (κ1) is 15.4. The van der Waals surface area contributed by atoms with Crippen molar-refractivity contribution < 1.29 is 4.39 Å². The van der Waals surface area contributed by atoms with E-state index in [0.29, 0.717) is 17.0 Å². The van der Waals surface area contributed by atoms with Gasteiger partial charge in [-0.1, -0.05) is 31.5 Å². The molecule has 0 saturated heterocycles. The summed E-state index contributed by atoms with van der Waals surface area (Å²) >= 11 is 5.96. The molecule has 1 rings (SSSR count). The maximum Gasteiger partial charge on any atom is 0.127 e. The molecular formula is C14H22ClFN2. The van der Waals surface area contributed by atoms with Crippen LogP contribution in [-0.4, -0.2) is 37.6 Å². The highest BCUT2D eigenvalue weighted by atomic mass is 35.5. The number of benzene rings is 1. The van der Waals surface area contributed by atoms with Crippen LogP contribution in [0.15, 0.2) is 18.2 Å². The molecule has 0 saturated carbocycles. The van der Waals surface area contributed by atoms with E-state index >= 15 is 0 Å². The Bertz CT molecular complexity index is 333. The summed E-state index contributed by atoms with van der Waals surface area (Å²) in [5.74, 6) is -0.215. The molecule has 0 aliphatic rings. The van der Waals surface area contributed by atoms with Gasteiger partial charge >= 0.3 is 0 Å². The Kier molecular flexibility index (Phi) is 7.25. The number of nitrogens with zero attached hydrogens (tertiary/aromatic N) is 1. The molecule has 0 radical (unpaired) electrons.